The van der Waals surface area contributed by atoms with Gasteiger partial charge >= 0.3 is 0 Å². The summed E-state index contributed by atoms with van der Waals surface area (Å²) in [6.07, 6.45) is 8.42. The van der Waals surface area contributed by atoms with Crippen LogP contribution in [0.15, 0.2) is 30.7 Å². The Kier molecular flexibility index (Phi) is 4.18. The summed E-state index contributed by atoms with van der Waals surface area (Å²) in [6.45, 7) is 2.73. The molecule has 0 aliphatic carbocycles. The molecule has 0 aromatic carbocycles. The number of aryl methyl sites for hydroxylation is 1. The summed E-state index contributed by atoms with van der Waals surface area (Å²) in [5.41, 5.74) is 2.47. The highest BCUT2D eigenvalue weighted by Crippen LogP contribution is 2.32. The molecule has 1 fully saturated rings. The summed E-state index contributed by atoms with van der Waals surface area (Å²) in [7, 11) is 2.08. The van der Waals surface area contributed by atoms with Crippen molar-refractivity contribution >= 4 is 0 Å². The predicted molar refractivity (Wildman–Crippen MR) is 77.1 cm³/mol. The summed E-state index contributed by atoms with van der Waals surface area (Å²) >= 11 is 0. The van der Waals surface area contributed by atoms with Crippen molar-refractivity contribution in [2.24, 2.45) is 13.0 Å². The lowest BCUT2D eigenvalue weighted by molar-refractivity contribution is -0.0278. The van der Waals surface area contributed by atoms with Crippen molar-refractivity contribution in [2.75, 3.05) is 13.2 Å². The van der Waals surface area contributed by atoms with Crippen LogP contribution >= 0.6 is 0 Å². The molecule has 3 heterocycles. The number of H-pyrrole nitrogens is 1. The third-order valence-corrected chi connectivity index (χ3v) is 4.06. The number of nitrogens with zero attached hydrogens (tertiary/aromatic N) is 2. The zero-order valence-corrected chi connectivity index (χ0v) is 11.9. The Balaban J connectivity index is 1.56. The number of nitrogens with one attached hydrogen (secondary N) is 2. The molecular formula is C15H22N4O. The highest BCUT2D eigenvalue weighted by molar-refractivity contribution is 5.10. The first-order valence-electron chi connectivity index (χ1n) is 7.26. The van der Waals surface area contributed by atoms with E-state index >= 15 is 0 Å². The van der Waals surface area contributed by atoms with Crippen LogP contribution < -0.4 is 5.32 Å². The Labute approximate surface area is 119 Å². The molecule has 3 rings (SSSR count). The van der Waals surface area contributed by atoms with Gasteiger partial charge in [0.1, 0.15) is 0 Å². The molecule has 0 saturated carbocycles. The maximum atomic E-state index is 5.94. The first-order valence-corrected chi connectivity index (χ1v) is 7.26. The van der Waals surface area contributed by atoms with Crippen LogP contribution in [-0.2, 0) is 18.3 Å². The fourth-order valence-corrected chi connectivity index (χ4v) is 2.90. The van der Waals surface area contributed by atoms with Gasteiger partial charge in [-0.25, -0.2) is 0 Å². The number of aromatic nitrogens is 3. The van der Waals surface area contributed by atoms with Crippen LogP contribution in [0.5, 0.6) is 0 Å². The van der Waals surface area contributed by atoms with Crippen molar-refractivity contribution in [3.8, 4) is 0 Å². The molecule has 20 heavy (non-hydrogen) atoms. The van der Waals surface area contributed by atoms with Gasteiger partial charge in [-0.3, -0.25) is 5.10 Å². The molecule has 2 atom stereocenters. The number of hydrogen-bond donors (Lipinski definition) is 2. The van der Waals surface area contributed by atoms with E-state index in [2.05, 4.69) is 45.5 Å². The molecule has 0 bridgehead atoms. The van der Waals surface area contributed by atoms with E-state index in [1.807, 2.05) is 12.4 Å². The Morgan fingerprint density at radius 1 is 1.55 bits per heavy atom. The lowest BCUT2D eigenvalue weighted by Crippen LogP contribution is -2.31. The Morgan fingerprint density at radius 2 is 2.50 bits per heavy atom. The summed E-state index contributed by atoms with van der Waals surface area (Å²) in [5, 5.41) is 10.5. The van der Waals surface area contributed by atoms with Gasteiger partial charge in [-0.15, -0.1) is 0 Å². The molecule has 2 N–H and O–H groups in total. The Hall–Kier alpha value is -1.59. The summed E-state index contributed by atoms with van der Waals surface area (Å²) in [4.78, 5) is 0. The molecule has 0 spiro atoms. The molecule has 1 aliphatic heterocycles. The maximum absolute atomic E-state index is 5.94. The highest BCUT2D eigenvalue weighted by atomic mass is 16.5. The minimum absolute atomic E-state index is 0.170. The fraction of sp³-hybridized carbons (Fsp3) is 0.533. The van der Waals surface area contributed by atoms with Gasteiger partial charge in [0, 0.05) is 56.3 Å². The van der Waals surface area contributed by atoms with E-state index in [0.717, 1.165) is 31.7 Å². The lowest BCUT2D eigenvalue weighted by Gasteiger charge is -2.31. The van der Waals surface area contributed by atoms with E-state index in [1.54, 1.807) is 0 Å². The average molecular weight is 274 g/mol. The van der Waals surface area contributed by atoms with Gasteiger partial charge in [0.15, 0.2) is 0 Å². The molecular weight excluding hydrogens is 252 g/mol. The van der Waals surface area contributed by atoms with E-state index in [4.69, 9.17) is 4.74 Å². The van der Waals surface area contributed by atoms with Crippen LogP contribution in [0.4, 0.5) is 0 Å². The van der Waals surface area contributed by atoms with Crippen LogP contribution in [0, 0.1) is 5.92 Å². The van der Waals surface area contributed by atoms with Crippen molar-refractivity contribution in [1.29, 1.82) is 0 Å². The topological polar surface area (TPSA) is 54.9 Å². The van der Waals surface area contributed by atoms with Crippen LogP contribution in [0.2, 0.25) is 0 Å². The number of ether oxygens (including phenoxy) is 1. The van der Waals surface area contributed by atoms with E-state index in [1.165, 1.54) is 12.1 Å². The van der Waals surface area contributed by atoms with Crippen molar-refractivity contribution < 1.29 is 4.74 Å². The van der Waals surface area contributed by atoms with Crippen LogP contribution in [-0.4, -0.2) is 27.9 Å². The quantitative estimate of drug-likeness (QED) is 0.877. The monoisotopic (exact) mass is 274 g/mol. The standard InChI is InChI=1S/C15H22N4O/c1-19-6-2-5-14(19)11-16-8-12-4-3-7-20-15(12)13-9-17-18-10-13/h2,5-6,9-10,12,15-16H,3-4,7-8,11H2,1H3,(H,17,18)/t12-,15+/m0/s1. The second-order valence-corrected chi connectivity index (χ2v) is 5.47. The minimum atomic E-state index is 0.170. The third-order valence-electron chi connectivity index (χ3n) is 4.06. The second-order valence-electron chi connectivity index (χ2n) is 5.47. The van der Waals surface area contributed by atoms with Gasteiger partial charge in [0.05, 0.1) is 12.3 Å². The molecule has 0 amide bonds. The molecule has 5 heteroatoms. The zero-order chi connectivity index (χ0) is 13.8. The van der Waals surface area contributed by atoms with Gasteiger partial charge in [-0.1, -0.05) is 0 Å². The van der Waals surface area contributed by atoms with Crippen molar-refractivity contribution in [1.82, 2.24) is 20.1 Å². The van der Waals surface area contributed by atoms with Gasteiger partial charge in [-0.05, 0) is 25.0 Å². The summed E-state index contributed by atoms with van der Waals surface area (Å²) in [5.74, 6) is 0.515. The lowest BCUT2D eigenvalue weighted by atomic mass is 9.91. The smallest absolute Gasteiger partial charge is 0.0895 e. The normalized spacial score (nSPS) is 23.1. The van der Waals surface area contributed by atoms with Gasteiger partial charge in [0.25, 0.3) is 0 Å². The molecule has 1 saturated heterocycles. The number of hydrogen-bond acceptors (Lipinski definition) is 3. The average Bonchev–Trinajstić information content (AvgIpc) is 3.12. The van der Waals surface area contributed by atoms with Gasteiger partial charge in [0.2, 0.25) is 0 Å². The van der Waals surface area contributed by atoms with Crippen LogP contribution in [0.3, 0.4) is 0 Å². The van der Waals surface area contributed by atoms with Crippen molar-refractivity contribution in [3.63, 3.8) is 0 Å². The first-order chi connectivity index (χ1) is 9.84. The Bertz CT molecular complexity index is 520. The second kappa shape index (κ2) is 6.24. The van der Waals surface area contributed by atoms with E-state index < -0.39 is 0 Å². The van der Waals surface area contributed by atoms with Crippen LogP contribution in [0.1, 0.15) is 30.2 Å². The predicted octanol–water partition coefficient (Wildman–Crippen LogP) is 2.01. The van der Waals surface area contributed by atoms with Crippen molar-refractivity contribution in [2.45, 2.75) is 25.5 Å². The molecule has 2 aromatic rings. The maximum Gasteiger partial charge on any atom is 0.0895 e. The molecule has 1 aliphatic rings. The van der Waals surface area contributed by atoms with E-state index in [0.29, 0.717) is 5.92 Å². The zero-order valence-electron chi connectivity index (χ0n) is 11.9. The summed E-state index contributed by atoms with van der Waals surface area (Å²) < 4.78 is 8.09. The molecule has 2 aromatic heterocycles. The Morgan fingerprint density at radius 3 is 3.25 bits per heavy atom. The van der Waals surface area contributed by atoms with Gasteiger partial charge < -0.3 is 14.6 Å². The number of aromatic amines is 1. The van der Waals surface area contributed by atoms with Crippen molar-refractivity contribution in [3.05, 3.63) is 42.0 Å². The first kappa shape index (κ1) is 13.4. The molecule has 0 radical (unpaired) electrons. The molecule has 5 nitrogen and oxygen atoms in total. The number of rotatable bonds is 5. The largest absolute Gasteiger partial charge is 0.373 e. The van der Waals surface area contributed by atoms with E-state index in [-0.39, 0.29) is 6.10 Å². The van der Waals surface area contributed by atoms with Crippen LogP contribution in [0.25, 0.3) is 0 Å². The third kappa shape index (κ3) is 2.94. The van der Waals surface area contributed by atoms with E-state index in [9.17, 15) is 0 Å². The molecule has 108 valence electrons. The minimum Gasteiger partial charge on any atom is -0.373 e. The SMILES string of the molecule is Cn1cccc1CNC[C@@H]1CCCO[C@H]1c1cn[nH]c1. The van der Waals surface area contributed by atoms with Gasteiger partial charge in [-0.2, -0.15) is 5.10 Å². The summed E-state index contributed by atoms with van der Waals surface area (Å²) in [6, 6.07) is 4.23. The fourth-order valence-electron chi connectivity index (χ4n) is 2.90. The molecule has 0 unspecified atom stereocenters. The highest BCUT2D eigenvalue weighted by Gasteiger charge is 2.27.